The van der Waals surface area contributed by atoms with E-state index in [1.807, 2.05) is 48.5 Å². The summed E-state index contributed by atoms with van der Waals surface area (Å²) in [7, 11) is 0. The molecular weight excluding hydrogens is 679 g/mol. The van der Waals surface area contributed by atoms with E-state index in [9.17, 15) is 0 Å². The number of hydrogen-bond acceptors (Lipinski definition) is 2. The molecule has 0 aliphatic rings. The maximum Gasteiger partial charge on any atom is 0.160 e. The third-order valence-electron chi connectivity index (χ3n) is 11.0. The number of para-hydroxylation sites is 1. The van der Waals surface area contributed by atoms with Gasteiger partial charge in [0.15, 0.2) is 5.82 Å². The lowest BCUT2D eigenvalue weighted by atomic mass is 9.95. The van der Waals surface area contributed by atoms with Gasteiger partial charge in [-0.1, -0.05) is 158 Å². The van der Waals surface area contributed by atoms with Crippen LogP contribution in [0.1, 0.15) is 9.68 Å². The van der Waals surface area contributed by atoms with Crippen LogP contribution in [0.4, 0.5) is 0 Å². The molecule has 11 aromatic rings. The molecule has 3 nitrogen and oxygen atoms in total. The predicted octanol–water partition coefficient (Wildman–Crippen LogP) is 13.9. The van der Waals surface area contributed by atoms with Crippen LogP contribution in [0.15, 0.2) is 194 Å². The van der Waals surface area contributed by atoms with Crippen molar-refractivity contribution in [2.75, 3.05) is 0 Å². The first-order chi connectivity index (χ1) is 28.9. The fourth-order valence-corrected chi connectivity index (χ4v) is 8.34. The van der Waals surface area contributed by atoms with Crippen LogP contribution in [0.25, 0.3) is 105 Å². The molecule has 0 atom stereocenters. The van der Waals surface area contributed by atoms with Gasteiger partial charge in [-0.2, -0.15) is 0 Å². The zero-order valence-electron chi connectivity index (χ0n) is 33.3. The van der Waals surface area contributed by atoms with Crippen LogP contribution < -0.4 is 0 Å². The first kappa shape index (κ1) is 29.1. The smallest absolute Gasteiger partial charge is 0.160 e. The predicted molar refractivity (Wildman–Crippen MR) is 234 cm³/mol. The molecule has 0 saturated carbocycles. The van der Waals surface area contributed by atoms with Gasteiger partial charge in [-0.25, -0.2) is 9.97 Å². The number of hydrogen-bond donors (Lipinski definition) is 0. The van der Waals surface area contributed by atoms with Gasteiger partial charge in [-0.3, -0.25) is 0 Å². The molecule has 0 bridgehead atoms. The molecule has 3 aromatic heterocycles. The summed E-state index contributed by atoms with van der Waals surface area (Å²) < 4.78 is 26.6. The number of benzene rings is 8. The summed E-state index contributed by atoms with van der Waals surface area (Å²) in [6.45, 7) is -2.19. The highest BCUT2D eigenvalue weighted by Crippen LogP contribution is 2.41. The SMILES string of the molecule is [2H]C([2H])([2H])c1ccc2c3cccc4c5ccc(-c6cccc(-c7cccc(-c8cccc(-c9cc(-c%10ccccc%10)nc(-c%10ccccc%10)n9)c8)c7)c6)cc5n(c2c1)c43. The second-order valence-electron chi connectivity index (χ2n) is 14.4. The summed E-state index contributed by atoms with van der Waals surface area (Å²) in [5.41, 5.74) is 14.9. The van der Waals surface area contributed by atoms with Crippen molar-refractivity contribution in [3.63, 3.8) is 0 Å². The summed E-state index contributed by atoms with van der Waals surface area (Å²) in [5.74, 6) is 0.694. The van der Waals surface area contributed by atoms with Crippen LogP contribution in [0.5, 0.6) is 0 Å². The van der Waals surface area contributed by atoms with Crippen molar-refractivity contribution in [1.29, 1.82) is 0 Å². The van der Waals surface area contributed by atoms with Gasteiger partial charge in [0, 0.05) is 42.3 Å². The molecule has 0 amide bonds. The third-order valence-corrected chi connectivity index (χ3v) is 11.0. The molecule has 56 heavy (non-hydrogen) atoms. The Morgan fingerprint density at radius 1 is 0.357 bits per heavy atom. The van der Waals surface area contributed by atoms with Gasteiger partial charge in [-0.05, 0) is 82.2 Å². The van der Waals surface area contributed by atoms with E-state index in [2.05, 4.69) is 144 Å². The summed E-state index contributed by atoms with van der Waals surface area (Å²) >= 11 is 0. The van der Waals surface area contributed by atoms with Crippen LogP contribution in [0, 0.1) is 6.85 Å². The average molecular weight is 717 g/mol. The normalized spacial score (nSPS) is 12.7. The quantitative estimate of drug-likeness (QED) is 0.171. The van der Waals surface area contributed by atoms with Crippen LogP contribution in [-0.4, -0.2) is 14.4 Å². The van der Waals surface area contributed by atoms with Gasteiger partial charge < -0.3 is 4.40 Å². The van der Waals surface area contributed by atoms with Crippen molar-refractivity contribution in [2.45, 2.75) is 6.85 Å². The van der Waals surface area contributed by atoms with Crippen LogP contribution in [0.3, 0.4) is 0 Å². The van der Waals surface area contributed by atoms with Crippen LogP contribution in [-0.2, 0) is 0 Å². The Hall–Kier alpha value is -7.36. The molecule has 0 radical (unpaired) electrons. The summed E-state index contributed by atoms with van der Waals surface area (Å²) in [5, 5.41) is 4.50. The molecule has 0 N–H and O–H groups in total. The highest BCUT2D eigenvalue weighted by atomic mass is 14.9. The van der Waals surface area contributed by atoms with Gasteiger partial charge in [0.2, 0.25) is 0 Å². The van der Waals surface area contributed by atoms with E-state index in [0.29, 0.717) is 11.4 Å². The lowest BCUT2D eigenvalue weighted by Gasteiger charge is -2.11. The average Bonchev–Trinajstić information content (AvgIpc) is 3.81. The summed E-state index contributed by atoms with van der Waals surface area (Å²) in [6, 6.07) is 67.1. The number of aryl methyl sites for hydroxylation is 1. The lowest BCUT2D eigenvalue weighted by Crippen LogP contribution is -1.96. The molecule has 0 aliphatic heterocycles. The first-order valence-electron chi connectivity index (χ1n) is 20.4. The van der Waals surface area contributed by atoms with Crippen molar-refractivity contribution in [3.05, 3.63) is 200 Å². The zero-order valence-corrected chi connectivity index (χ0v) is 30.3. The zero-order chi connectivity index (χ0) is 39.7. The number of fused-ring (bicyclic) bond motifs is 6. The van der Waals surface area contributed by atoms with E-state index in [-0.39, 0.29) is 0 Å². The van der Waals surface area contributed by atoms with Gasteiger partial charge in [0.05, 0.1) is 27.9 Å². The van der Waals surface area contributed by atoms with Crippen molar-refractivity contribution in [1.82, 2.24) is 14.4 Å². The largest absolute Gasteiger partial charge is 0.308 e. The van der Waals surface area contributed by atoms with Crippen molar-refractivity contribution in [2.24, 2.45) is 0 Å². The fourth-order valence-electron chi connectivity index (χ4n) is 8.34. The number of rotatable bonds is 6. The molecule has 262 valence electrons. The molecule has 0 spiro atoms. The van der Waals surface area contributed by atoms with E-state index in [4.69, 9.17) is 14.1 Å². The lowest BCUT2D eigenvalue weighted by molar-refractivity contribution is 1.18. The molecule has 0 unspecified atom stereocenters. The van der Waals surface area contributed by atoms with Gasteiger partial charge in [0.1, 0.15) is 0 Å². The third kappa shape index (κ3) is 5.36. The Morgan fingerprint density at radius 3 is 1.43 bits per heavy atom. The van der Waals surface area contributed by atoms with Gasteiger partial charge >= 0.3 is 0 Å². The molecule has 3 heteroatoms. The van der Waals surface area contributed by atoms with E-state index in [1.165, 1.54) is 5.39 Å². The standard InChI is InChI=1S/C53H35N3/c1-34-24-26-44-46-22-11-23-47-45-27-25-42(32-51(45)56(52(46)47)50(44)28-34)40-19-9-17-38(30-40)37-16-8-18-39(29-37)41-20-10-21-43(31-41)49-33-48(35-12-4-2-5-13-35)54-53(55-49)36-14-6-3-7-15-36/h2-33H,1H3/i1D3. The molecule has 3 heterocycles. The minimum atomic E-state index is -2.19. The maximum atomic E-state index is 8.10. The van der Waals surface area contributed by atoms with Crippen molar-refractivity contribution in [3.8, 4) is 67.3 Å². The highest BCUT2D eigenvalue weighted by Gasteiger charge is 2.18. The van der Waals surface area contributed by atoms with Crippen LogP contribution >= 0.6 is 0 Å². The van der Waals surface area contributed by atoms with E-state index < -0.39 is 6.85 Å². The Labute approximate surface area is 329 Å². The second-order valence-corrected chi connectivity index (χ2v) is 14.4. The van der Waals surface area contributed by atoms with Gasteiger partial charge in [0.25, 0.3) is 0 Å². The summed E-state index contributed by atoms with van der Waals surface area (Å²) in [6.07, 6.45) is 0. The molecule has 0 saturated heterocycles. The highest BCUT2D eigenvalue weighted by molar-refractivity contribution is 6.23. The molecule has 0 fully saturated rings. The number of aromatic nitrogens is 3. The Bertz CT molecular complexity index is 3310. The van der Waals surface area contributed by atoms with E-state index >= 15 is 0 Å². The van der Waals surface area contributed by atoms with E-state index in [0.717, 1.165) is 94.2 Å². The topological polar surface area (TPSA) is 30.2 Å². The Kier molecular flexibility index (Phi) is 6.69. The second kappa shape index (κ2) is 12.9. The van der Waals surface area contributed by atoms with Crippen LogP contribution in [0.2, 0.25) is 0 Å². The number of nitrogens with zero attached hydrogens (tertiary/aromatic N) is 3. The maximum absolute atomic E-state index is 8.10. The monoisotopic (exact) mass is 716 g/mol. The van der Waals surface area contributed by atoms with E-state index in [1.54, 1.807) is 6.07 Å². The molecule has 0 aliphatic carbocycles. The molecule has 11 rings (SSSR count). The summed E-state index contributed by atoms with van der Waals surface area (Å²) in [4.78, 5) is 10.1. The first-order valence-corrected chi connectivity index (χ1v) is 18.9. The van der Waals surface area contributed by atoms with Gasteiger partial charge in [-0.15, -0.1) is 0 Å². The van der Waals surface area contributed by atoms with Crippen molar-refractivity contribution >= 4 is 38.1 Å². The Morgan fingerprint density at radius 2 is 0.821 bits per heavy atom. The minimum Gasteiger partial charge on any atom is -0.308 e. The van der Waals surface area contributed by atoms with Crippen molar-refractivity contribution < 1.29 is 4.11 Å². The minimum absolute atomic E-state index is 0.347. The molecule has 8 aromatic carbocycles. The fraction of sp³-hybridized carbons (Fsp3) is 0.0189. The Balaban J connectivity index is 0.969. The molecular formula is C53H35N3.